The van der Waals surface area contributed by atoms with Crippen molar-refractivity contribution in [1.82, 2.24) is 15.0 Å². The van der Waals surface area contributed by atoms with E-state index in [1.54, 1.807) is 26.2 Å². The first-order chi connectivity index (χ1) is 10.6. The van der Waals surface area contributed by atoms with E-state index in [0.717, 1.165) is 5.56 Å². The van der Waals surface area contributed by atoms with Gasteiger partial charge in [-0.15, -0.1) is 9.88 Å². The van der Waals surface area contributed by atoms with Crippen LogP contribution in [0.2, 0.25) is 0 Å². The van der Waals surface area contributed by atoms with Gasteiger partial charge in [0.15, 0.2) is 5.84 Å². The molecular formula is C15H17N4O2P. The largest absolute Gasteiger partial charge is 0.455 e. The van der Waals surface area contributed by atoms with Crippen LogP contribution in [0.1, 0.15) is 5.56 Å². The molecule has 0 aromatic heterocycles. The second-order valence-electron chi connectivity index (χ2n) is 4.83. The Morgan fingerprint density at radius 2 is 1.59 bits per heavy atom. The summed E-state index contributed by atoms with van der Waals surface area (Å²) in [5.41, 5.74) is 3.94. The number of amidine groups is 1. The highest BCUT2D eigenvalue weighted by atomic mass is 31.2. The zero-order valence-corrected chi connectivity index (χ0v) is 13.3. The summed E-state index contributed by atoms with van der Waals surface area (Å²) in [5.74, 6) is 1.15. The molecule has 2 aromatic carbocycles. The number of hydrogen-bond acceptors (Lipinski definition) is 4. The molecule has 22 heavy (non-hydrogen) atoms. The molecule has 1 atom stereocenters. The molecule has 0 radical (unpaired) electrons. The van der Waals surface area contributed by atoms with Crippen LogP contribution in [-0.2, 0) is 4.57 Å². The molecule has 1 heterocycles. The van der Waals surface area contributed by atoms with Crippen molar-refractivity contribution in [3.05, 3.63) is 66.2 Å². The Labute approximate surface area is 129 Å². The normalized spacial score (nSPS) is 21.9. The number of rotatable bonds is 3. The van der Waals surface area contributed by atoms with Crippen LogP contribution in [0.15, 0.2) is 65.8 Å². The van der Waals surface area contributed by atoms with Crippen LogP contribution in [0.4, 0.5) is 0 Å². The summed E-state index contributed by atoms with van der Waals surface area (Å²) < 4.78 is 21.6. The quantitative estimate of drug-likeness (QED) is 0.882. The van der Waals surface area contributed by atoms with Gasteiger partial charge in [-0.25, -0.2) is 9.34 Å². The molecule has 0 aliphatic carbocycles. The van der Waals surface area contributed by atoms with Gasteiger partial charge < -0.3 is 4.52 Å². The van der Waals surface area contributed by atoms with Gasteiger partial charge in [-0.1, -0.05) is 48.5 Å². The van der Waals surface area contributed by atoms with E-state index in [9.17, 15) is 4.57 Å². The van der Waals surface area contributed by atoms with E-state index >= 15 is 0 Å². The van der Waals surface area contributed by atoms with Crippen LogP contribution in [0.3, 0.4) is 0 Å². The minimum Gasteiger partial charge on any atom is -0.416 e. The third-order valence-corrected chi connectivity index (χ3v) is 5.40. The Bertz CT molecular complexity index is 721. The molecule has 1 N–H and O–H groups in total. The van der Waals surface area contributed by atoms with Crippen LogP contribution < -0.4 is 9.95 Å². The van der Waals surface area contributed by atoms with E-state index in [1.165, 1.54) is 9.56 Å². The molecule has 0 bridgehead atoms. The standard InChI is InChI=1S/C15H17N4O2P/c1-18-16-15(13-9-5-3-6-10-13)17-19(2)22(18,20)21-14-11-7-4-8-12-14/h3-12H,1-2H3,(H,16,17). The van der Waals surface area contributed by atoms with Crippen molar-refractivity contribution in [2.24, 2.45) is 5.10 Å². The van der Waals surface area contributed by atoms with Gasteiger partial charge in [0.05, 0.1) is 0 Å². The minimum absolute atomic E-state index is 0.532. The highest BCUT2D eigenvalue weighted by Gasteiger charge is 2.40. The molecule has 0 amide bonds. The molecule has 2 aromatic rings. The first kappa shape index (κ1) is 14.6. The maximum Gasteiger partial charge on any atom is 0.455 e. The molecular weight excluding hydrogens is 299 g/mol. The molecule has 1 aliphatic rings. The lowest BCUT2D eigenvalue weighted by molar-refractivity contribution is 0.284. The van der Waals surface area contributed by atoms with Gasteiger partial charge in [-0.2, -0.15) is 0 Å². The third kappa shape index (κ3) is 2.71. The van der Waals surface area contributed by atoms with Crippen molar-refractivity contribution >= 4 is 13.5 Å². The molecule has 1 unspecified atom stereocenters. The van der Waals surface area contributed by atoms with Crippen molar-refractivity contribution in [2.75, 3.05) is 14.1 Å². The van der Waals surface area contributed by atoms with Gasteiger partial charge in [0, 0.05) is 19.7 Å². The maximum atomic E-state index is 13.1. The molecule has 0 spiro atoms. The number of hydrazone groups is 1. The lowest BCUT2D eigenvalue weighted by atomic mass is 10.2. The van der Waals surface area contributed by atoms with Gasteiger partial charge in [0.1, 0.15) is 5.75 Å². The van der Waals surface area contributed by atoms with E-state index in [1.807, 2.05) is 48.5 Å². The summed E-state index contributed by atoms with van der Waals surface area (Å²) >= 11 is 0. The van der Waals surface area contributed by atoms with Crippen molar-refractivity contribution in [3.63, 3.8) is 0 Å². The highest BCUT2D eigenvalue weighted by Crippen LogP contribution is 2.53. The van der Waals surface area contributed by atoms with E-state index in [4.69, 9.17) is 4.52 Å². The Morgan fingerprint density at radius 1 is 1.00 bits per heavy atom. The summed E-state index contributed by atoms with van der Waals surface area (Å²) in [4.78, 5) is 0. The Kier molecular flexibility index (Phi) is 3.88. The van der Waals surface area contributed by atoms with E-state index in [2.05, 4.69) is 10.5 Å². The molecule has 1 aliphatic heterocycles. The van der Waals surface area contributed by atoms with Gasteiger partial charge in [-0.05, 0) is 12.1 Å². The van der Waals surface area contributed by atoms with Crippen LogP contribution in [0, 0.1) is 0 Å². The van der Waals surface area contributed by atoms with Crippen LogP contribution in [0.5, 0.6) is 5.75 Å². The van der Waals surface area contributed by atoms with Crippen LogP contribution >= 0.6 is 7.67 Å². The molecule has 7 heteroatoms. The van der Waals surface area contributed by atoms with Gasteiger partial charge in [-0.3, -0.25) is 5.43 Å². The number of nitrogens with zero attached hydrogens (tertiary/aromatic N) is 3. The smallest absolute Gasteiger partial charge is 0.416 e. The first-order valence-corrected chi connectivity index (χ1v) is 8.36. The summed E-state index contributed by atoms with van der Waals surface area (Å²) in [7, 11) is 0.0141. The lowest BCUT2D eigenvalue weighted by Crippen LogP contribution is -2.46. The Balaban J connectivity index is 1.89. The number of nitrogens with one attached hydrogen (secondary N) is 1. The summed E-state index contributed by atoms with van der Waals surface area (Å²) in [6.45, 7) is 0. The fourth-order valence-corrected chi connectivity index (χ4v) is 3.54. The van der Waals surface area contributed by atoms with Crippen molar-refractivity contribution < 1.29 is 9.09 Å². The summed E-state index contributed by atoms with van der Waals surface area (Å²) in [6, 6.07) is 18.7. The average Bonchev–Trinajstić information content (AvgIpc) is 2.54. The monoisotopic (exact) mass is 316 g/mol. The number of para-hydroxylation sites is 1. The zero-order chi connectivity index (χ0) is 15.6. The molecule has 0 saturated heterocycles. The van der Waals surface area contributed by atoms with Crippen molar-refractivity contribution in [2.45, 2.75) is 0 Å². The lowest BCUT2D eigenvalue weighted by Gasteiger charge is -2.37. The number of benzene rings is 2. The first-order valence-electron chi connectivity index (χ1n) is 6.83. The van der Waals surface area contributed by atoms with Gasteiger partial charge in [0.25, 0.3) is 0 Å². The van der Waals surface area contributed by atoms with Crippen LogP contribution in [-0.4, -0.2) is 29.5 Å². The number of hydrogen-bond donors (Lipinski definition) is 1. The Morgan fingerprint density at radius 3 is 2.18 bits per heavy atom. The zero-order valence-electron chi connectivity index (χ0n) is 12.4. The molecule has 3 rings (SSSR count). The van der Waals surface area contributed by atoms with Gasteiger partial charge >= 0.3 is 7.67 Å². The molecule has 114 valence electrons. The summed E-state index contributed by atoms with van der Waals surface area (Å²) in [6.07, 6.45) is 0. The topological polar surface area (TPSA) is 57.2 Å². The Hall–Kier alpha value is -2.30. The van der Waals surface area contributed by atoms with Crippen molar-refractivity contribution in [1.29, 1.82) is 0 Å². The van der Waals surface area contributed by atoms with E-state index in [-0.39, 0.29) is 0 Å². The molecule has 0 saturated carbocycles. The third-order valence-electron chi connectivity index (χ3n) is 3.27. The fraction of sp³-hybridized carbons (Fsp3) is 0.133. The predicted molar refractivity (Wildman–Crippen MR) is 86.3 cm³/mol. The fourth-order valence-electron chi connectivity index (χ4n) is 2.09. The second-order valence-corrected chi connectivity index (χ2v) is 7.18. The molecule has 6 nitrogen and oxygen atoms in total. The SMILES string of the molecule is CN1N=C(c2ccccc2)NN(C)P1(=O)Oc1ccccc1. The molecule has 0 fully saturated rings. The minimum atomic E-state index is -3.31. The van der Waals surface area contributed by atoms with E-state index in [0.29, 0.717) is 11.6 Å². The maximum absolute atomic E-state index is 13.1. The number of hydrazine groups is 1. The average molecular weight is 316 g/mol. The van der Waals surface area contributed by atoms with E-state index < -0.39 is 7.67 Å². The van der Waals surface area contributed by atoms with Crippen LogP contribution in [0.25, 0.3) is 0 Å². The summed E-state index contributed by atoms with van der Waals surface area (Å²) in [5, 5.41) is 4.36. The highest BCUT2D eigenvalue weighted by molar-refractivity contribution is 7.54. The van der Waals surface area contributed by atoms with Crippen molar-refractivity contribution in [3.8, 4) is 5.75 Å². The predicted octanol–water partition coefficient (Wildman–Crippen LogP) is 2.92. The van der Waals surface area contributed by atoms with Gasteiger partial charge in [0.2, 0.25) is 0 Å². The second kappa shape index (κ2) is 5.83.